The van der Waals surface area contributed by atoms with Gasteiger partial charge in [-0.2, -0.15) is 0 Å². The lowest BCUT2D eigenvalue weighted by atomic mass is 9.74. The van der Waals surface area contributed by atoms with Crippen LogP contribution in [-0.2, 0) is 6.42 Å². The van der Waals surface area contributed by atoms with Crippen LogP contribution in [0.2, 0.25) is 0 Å². The third-order valence-corrected chi connectivity index (χ3v) is 4.23. The quantitative estimate of drug-likeness (QED) is 0.838. The topological polar surface area (TPSA) is 25.2 Å². The molecule has 0 bridgehead atoms. The third kappa shape index (κ3) is 3.62. The number of furan rings is 1. The molecule has 0 saturated heterocycles. The lowest BCUT2D eigenvalue weighted by molar-refractivity contribution is 0.229. The molecule has 1 aliphatic carbocycles. The van der Waals surface area contributed by atoms with Crippen molar-refractivity contribution in [3.63, 3.8) is 0 Å². The van der Waals surface area contributed by atoms with Gasteiger partial charge in [-0.3, -0.25) is 0 Å². The first kappa shape index (κ1) is 14.6. The summed E-state index contributed by atoms with van der Waals surface area (Å²) in [4.78, 5) is 0. The molecule has 0 radical (unpaired) electrons. The van der Waals surface area contributed by atoms with Crippen molar-refractivity contribution in [2.45, 2.75) is 66.3 Å². The molecule has 1 aromatic rings. The van der Waals surface area contributed by atoms with Gasteiger partial charge in [-0.25, -0.2) is 0 Å². The van der Waals surface area contributed by atoms with Crippen molar-refractivity contribution in [3.8, 4) is 0 Å². The van der Waals surface area contributed by atoms with E-state index in [1.165, 1.54) is 30.6 Å². The van der Waals surface area contributed by atoms with E-state index in [0.717, 1.165) is 24.6 Å². The van der Waals surface area contributed by atoms with Crippen molar-refractivity contribution in [2.24, 2.45) is 11.3 Å². The molecule has 1 aliphatic rings. The third-order valence-electron chi connectivity index (χ3n) is 4.23. The van der Waals surface area contributed by atoms with Crippen LogP contribution in [0.25, 0.3) is 0 Å². The first-order chi connectivity index (χ1) is 8.91. The fourth-order valence-electron chi connectivity index (χ4n) is 3.31. The molecule has 2 atom stereocenters. The van der Waals surface area contributed by atoms with Crippen LogP contribution in [0.3, 0.4) is 0 Å². The summed E-state index contributed by atoms with van der Waals surface area (Å²) >= 11 is 0. The van der Waals surface area contributed by atoms with Crippen molar-refractivity contribution in [2.75, 3.05) is 6.54 Å². The molecule has 0 amide bonds. The van der Waals surface area contributed by atoms with Crippen LogP contribution in [0.4, 0.5) is 0 Å². The minimum Gasteiger partial charge on any atom is -0.466 e. The van der Waals surface area contributed by atoms with Gasteiger partial charge in [0.15, 0.2) is 0 Å². The molecule has 108 valence electrons. The monoisotopic (exact) mass is 263 g/mol. The minimum absolute atomic E-state index is 0.336. The van der Waals surface area contributed by atoms with E-state index >= 15 is 0 Å². The summed E-state index contributed by atoms with van der Waals surface area (Å²) in [5, 5.41) is 3.77. The van der Waals surface area contributed by atoms with Crippen LogP contribution < -0.4 is 5.32 Å². The lowest BCUT2D eigenvalue weighted by Gasteiger charge is -2.35. The predicted octanol–water partition coefficient (Wildman–Crippen LogP) is 4.63. The Morgan fingerprint density at radius 1 is 1.47 bits per heavy atom. The van der Waals surface area contributed by atoms with Crippen LogP contribution in [0.15, 0.2) is 10.5 Å². The molecule has 0 saturated carbocycles. The fourth-order valence-corrected chi connectivity index (χ4v) is 3.31. The zero-order valence-electron chi connectivity index (χ0n) is 13.2. The van der Waals surface area contributed by atoms with Gasteiger partial charge in [0.25, 0.3) is 0 Å². The maximum Gasteiger partial charge on any atom is 0.109 e. The molecule has 1 aromatic heterocycles. The summed E-state index contributed by atoms with van der Waals surface area (Å²) in [7, 11) is 0. The van der Waals surface area contributed by atoms with E-state index < -0.39 is 0 Å². The number of fused-ring (bicyclic) bond motifs is 1. The summed E-state index contributed by atoms with van der Waals surface area (Å²) in [6, 6.07) is 2.70. The first-order valence-corrected chi connectivity index (χ1v) is 7.74. The predicted molar refractivity (Wildman–Crippen MR) is 80.4 cm³/mol. The summed E-state index contributed by atoms with van der Waals surface area (Å²) < 4.78 is 5.89. The average molecular weight is 263 g/mol. The van der Waals surface area contributed by atoms with Gasteiger partial charge < -0.3 is 9.73 Å². The Morgan fingerprint density at radius 2 is 2.21 bits per heavy atom. The Kier molecular flexibility index (Phi) is 4.39. The minimum atomic E-state index is 0.336. The van der Waals surface area contributed by atoms with Gasteiger partial charge in [0.2, 0.25) is 0 Å². The fraction of sp³-hybridized carbons (Fsp3) is 0.765. The van der Waals surface area contributed by atoms with Gasteiger partial charge in [-0.05, 0) is 43.7 Å². The van der Waals surface area contributed by atoms with Crippen molar-refractivity contribution in [1.82, 2.24) is 5.32 Å². The Labute approximate surface area is 118 Å². The summed E-state index contributed by atoms with van der Waals surface area (Å²) in [5.41, 5.74) is 1.74. The molecule has 0 fully saturated rings. The summed E-state index contributed by atoms with van der Waals surface area (Å²) in [6.07, 6.45) is 4.85. The van der Waals surface area contributed by atoms with E-state index in [1.807, 2.05) is 0 Å². The second-order valence-electron chi connectivity index (χ2n) is 7.14. The van der Waals surface area contributed by atoms with Gasteiger partial charge in [0, 0.05) is 18.0 Å². The van der Waals surface area contributed by atoms with Crippen LogP contribution in [0, 0.1) is 18.3 Å². The second-order valence-corrected chi connectivity index (χ2v) is 7.14. The number of rotatable bonds is 5. The number of aryl methyl sites for hydroxylation is 1. The average Bonchev–Trinajstić information content (AvgIpc) is 2.65. The molecular weight excluding hydrogens is 234 g/mol. The van der Waals surface area contributed by atoms with E-state index in [4.69, 9.17) is 4.42 Å². The van der Waals surface area contributed by atoms with Gasteiger partial charge >= 0.3 is 0 Å². The van der Waals surface area contributed by atoms with Gasteiger partial charge in [0.05, 0.1) is 0 Å². The zero-order valence-corrected chi connectivity index (χ0v) is 13.2. The highest BCUT2D eigenvalue weighted by Gasteiger charge is 2.34. The van der Waals surface area contributed by atoms with Gasteiger partial charge in [-0.1, -0.05) is 34.1 Å². The normalized spacial score (nSPS) is 23.1. The molecule has 1 N–H and O–H groups in total. The SMILES string of the molecule is CCCC(C)CNC1CC(C)(C)Cc2oc(C)cc21. The van der Waals surface area contributed by atoms with Crippen molar-refractivity contribution < 1.29 is 4.42 Å². The summed E-state index contributed by atoms with van der Waals surface area (Å²) in [5.74, 6) is 3.01. The van der Waals surface area contributed by atoms with Crippen LogP contribution in [0.5, 0.6) is 0 Å². The van der Waals surface area contributed by atoms with E-state index in [0.29, 0.717) is 11.5 Å². The van der Waals surface area contributed by atoms with Gasteiger partial charge in [0.1, 0.15) is 11.5 Å². The maximum atomic E-state index is 5.89. The molecule has 2 unspecified atom stereocenters. The molecular formula is C17H29NO. The number of hydrogen-bond acceptors (Lipinski definition) is 2. The van der Waals surface area contributed by atoms with Crippen molar-refractivity contribution in [1.29, 1.82) is 0 Å². The van der Waals surface area contributed by atoms with Crippen LogP contribution >= 0.6 is 0 Å². The highest BCUT2D eigenvalue weighted by Crippen LogP contribution is 2.42. The van der Waals surface area contributed by atoms with Gasteiger partial charge in [-0.15, -0.1) is 0 Å². The van der Waals surface area contributed by atoms with E-state index in [-0.39, 0.29) is 0 Å². The Hall–Kier alpha value is -0.760. The molecule has 0 aliphatic heterocycles. The molecule has 2 heteroatoms. The Balaban J connectivity index is 2.07. The zero-order chi connectivity index (χ0) is 14.0. The van der Waals surface area contributed by atoms with Crippen molar-refractivity contribution in [3.05, 3.63) is 23.2 Å². The molecule has 1 heterocycles. The Bertz CT molecular complexity index is 419. The van der Waals surface area contributed by atoms with Crippen LogP contribution in [-0.4, -0.2) is 6.54 Å². The largest absolute Gasteiger partial charge is 0.466 e. The van der Waals surface area contributed by atoms with Crippen LogP contribution in [0.1, 0.15) is 70.1 Å². The maximum absolute atomic E-state index is 5.89. The lowest BCUT2D eigenvalue weighted by Crippen LogP contribution is -2.34. The summed E-state index contributed by atoms with van der Waals surface area (Å²) in [6.45, 7) is 12.5. The Morgan fingerprint density at radius 3 is 2.89 bits per heavy atom. The molecule has 2 rings (SSSR count). The highest BCUT2D eigenvalue weighted by atomic mass is 16.3. The van der Waals surface area contributed by atoms with E-state index in [9.17, 15) is 0 Å². The van der Waals surface area contributed by atoms with Crippen molar-refractivity contribution >= 4 is 0 Å². The molecule has 2 nitrogen and oxygen atoms in total. The molecule has 0 spiro atoms. The smallest absolute Gasteiger partial charge is 0.109 e. The molecule has 0 aromatic carbocycles. The van der Waals surface area contributed by atoms with E-state index in [1.54, 1.807) is 0 Å². The highest BCUT2D eigenvalue weighted by molar-refractivity contribution is 5.29. The first-order valence-electron chi connectivity index (χ1n) is 7.74. The standard InChI is InChI=1S/C17H29NO/c1-6-7-12(2)11-18-15-9-17(4,5)10-16-14(15)8-13(3)19-16/h8,12,15,18H,6-7,9-11H2,1-5H3. The number of hydrogen-bond donors (Lipinski definition) is 1. The molecule has 19 heavy (non-hydrogen) atoms. The second kappa shape index (κ2) is 5.70. The van der Waals surface area contributed by atoms with E-state index in [2.05, 4.69) is 46.0 Å². The number of nitrogens with one attached hydrogen (secondary N) is 1.